The van der Waals surface area contributed by atoms with Crippen LogP contribution in [0.1, 0.15) is 19.4 Å². The summed E-state index contributed by atoms with van der Waals surface area (Å²) in [6, 6.07) is 6.09. The molecule has 102 valence electrons. The third-order valence-corrected chi connectivity index (χ3v) is 3.12. The molecule has 0 unspecified atom stereocenters. The Morgan fingerprint density at radius 3 is 2.75 bits per heavy atom. The van der Waals surface area contributed by atoms with Crippen LogP contribution in [0.2, 0.25) is 0 Å². The summed E-state index contributed by atoms with van der Waals surface area (Å²) in [6.45, 7) is 3.21. The lowest BCUT2D eigenvalue weighted by molar-refractivity contribution is 0.0783. The van der Waals surface area contributed by atoms with E-state index in [2.05, 4.69) is 9.97 Å². The lowest BCUT2D eigenvalue weighted by Crippen LogP contribution is -2.15. The first kappa shape index (κ1) is 12.7. The maximum atomic E-state index is 13.8. The third-order valence-electron chi connectivity index (χ3n) is 3.12. The molecule has 2 aromatic heterocycles. The Hall–Kier alpha value is -2.27. The number of aliphatic hydroxyl groups is 1. The molecule has 4 nitrogen and oxygen atoms in total. The van der Waals surface area contributed by atoms with E-state index in [0.29, 0.717) is 27.9 Å². The number of fused-ring (bicyclic) bond motifs is 1. The van der Waals surface area contributed by atoms with Gasteiger partial charge in [-0.1, -0.05) is 0 Å². The highest BCUT2D eigenvalue weighted by atomic mass is 19.1. The Morgan fingerprint density at radius 1 is 1.20 bits per heavy atom. The van der Waals surface area contributed by atoms with Gasteiger partial charge in [-0.3, -0.25) is 0 Å². The minimum absolute atomic E-state index is 0.432. The van der Waals surface area contributed by atoms with E-state index in [1.54, 1.807) is 26.0 Å². The molecule has 0 spiro atoms. The molecule has 20 heavy (non-hydrogen) atoms. The van der Waals surface area contributed by atoms with Crippen LogP contribution in [0.3, 0.4) is 0 Å². The Balaban J connectivity index is 2.24. The summed E-state index contributed by atoms with van der Waals surface area (Å²) in [7, 11) is 0. The fourth-order valence-corrected chi connectivity index (χ4v) is 2.07. The van der Waals surface area contributed by atoms with E-state index in [1.807, 2.05) is 0 Å². The second-order valence-corrected chi connectivity index (χ2v) is 5.14. The summed E-state index contributed by atoms with van der Waals surface area (Å²) < 4.78 is 19.1. The van der Waals surface area contributed by atoms with Crippen LogP contribution in [-0.4, -0.2) is 15.1 Å². The van der Waals surface area contributed by atoms with E-state index in [9.17, 15) is 9.50 Å². The second kappa shape index (κ2) is 4.38. The molecule has 0 bridgehead atoms. The molecule has 0 aliphatic heterocycles. The molecule has 1 N–H and O–H groups in total. The molecule has 0 radical (unpaired) electrons. The summed E-state index contributed by atoms with van der Waals surface area (Å²) in [5.41, 5.74) is 1.55. The van der Waals surface area contributed by atoms with Crippen molar-refractivity contribution in [2.75, 3.05) is 0 Å². The van der Waals surface area contributed by atoms with Crippen LogP contribution in [0, 0.1) is 5.82 Å². The first-order valence-electron chi connectivity index (χ1n) is 6.17. The van der Waals surface area contributed by atoms with Gasteiger partial charge >= 0.3 is 0 Å². The van der Waals surface area contributed by atoms with E-state index in [-0.39, 0.29) is 0 Å². The number of hydrogen-bond acceptors (Lipinski definition) is 4. The molecule has 2 heterocycles. The Bertz CT molecular complexity index is 775. The molecule has 0 saturated heterocycles. The van der Waals surface area contributed by atoms with Gasteiger partial charge in [0.25, 0.3) is 0 Å². The normalized spacial score (nSPS) is 12.0. The SMILES string of the molecule is CC(C)(O)c1cc(F)cc(-c2ncnc3ccoc23)c1. The maximum Gasteiger partial charge on any atom is 0.178 e. The van der Waals surface area contributed by atoms with Crippen LogP contribution in [0.4, 0.5) is 4.39 Å². The number of halogens is 1. The molecular formula is C15H13FN2O2. The Morgan fingerprint density at radius 2 is 2.00 bits per heavy atom. The number of hydrogen-bond donors (Lipinski definition) is 1. The van der Waals surface area contributed by atoms with E-state index in [4.69, 9.17) is 4.42 Å². The predicted octanol–water partition coefficient (Wildman–Crippen LogP) is 3.26. The van der Waals surface area contributed by atoms with Crippen LogP contribution < -0.4 is 0 Å². The molecule has 0 aliphatic rings. The van der Waals surface area contributed by atoms with Gasteiger partial charge in [-0.15, -0.1) is 0 Å². The zero-order valence-corrected chi connectivity index (χ0v) is 11.1. The fourth-order valence-electron chi connectivity index (χ4n) is 2.07. The first-order valence-corrected chi connectivity index (χ1v) is 6.17. The third kappa shape index (κ3) is 2.16. The molecule has 0 fully saturated rings. The highest BCUT2D eigenvalue weighted by Crippen LogP contribution is 2.30. The molecule has 5 heteroatoms. The fraction of sp³-hybridized carbons (Fsp3) is 0.200. The molecule has 3 rings (SSSR count). The summed E-state index contributed by atoms with van der Waals surface area (Å²) >= 11 is 0. The van der Waals surface area contributed by atoms with E-state index >= 15 is 0 Å². The predicted molar refractivity (Wildman–Crippen MR) is 72.4 cm³/mol. The Kier molecular flexibility index (Phi) is 2.79. The van der Waals surface area contributed by atoms with Crippen molar-refractivity contribution in [3.63, 3.8) is 0 Å². The quantitative estimate of drug-likeness (QED) is 0.778. The van der Waals surface area contributed by atoms with Crippen molar-refractivity contribution in [2.45, 2.75) is 19.4 Å². The topological polar surface area (TPSA) is 59.2 Å². The number of aromatic nitrogens is 2. The zero-order chi connectivity index (χ0) is 14.3. The van der Waals surface area contributed by atoms with Crippen molar-refractivity contribution < 1.29 is 13.9 Å². The highest BCUT2D eigenvalue weighted by Gasteiger charge is 2.19. The van der Waals surface area contributed by atoms with Gasteiger partial charge in [0.2, 0.25) is 0 Å². The first-order chi connectivity index (χ1) is 9.45. The van der Waals surface area contributed by atoms with Crippen LogP contribution in [0.15, 0.2) is 41.3 Å². The van der Waals surface area contributed by atoms with Gasteiger partial charge in [-0.25, -0.2) is 14.4 Å². The van der Waals surface area contributed by atoms with Gasteiger partial charge in [-0.2, -0.15) is 0 Å². The van der Waals surface area contributed by atoms with E-state index < -0.39 is 11.4 Å². The lowest BCUT2D eigenvalue weighted by atomic mass is 9.95. The minimum atomic E-state index is -1.13. The average molecular weight is 272 g/mol. The summed E-state index contributed by atoms with van der Waals surface area (Å²) in [5.74, 6) is -0.432. The summed E-state index contributed by atoms with van der Waals surface area (Å²) in [4.78, 5) is 8.23. The molecule has 0 amide bonds. The van der Waals surface area contributed by atoms with Gasteiger partial charge in [0, 0.05) is 11.6 Å². The average Bonchev–Trinajstić information content (AvgIpc) is 2.84. The number of nitrogens with zero attached hydrogens (tertiary/aromatic N) is 2. The van der Waals surface area contributed by atoms with Crippen LogP contribution in [-0.2, 0) is 5.60 Å². The highest BCUT2D eigenvalue weighted by molar-refractivity contribution is 5.87. The summed E-state index contributed by atoms with van der Waals surface area (Å²) in [6.07, 6.45) is 2.92. The maximum absolute atomic E-state index is 13.8. The Labute approximate surface area is 114 Å². The lowest BCUT2D eigenvalue weighted by Gasteiger charge is -2.18. The molecule has 1 aromatic carbocycles. The van der Waals surface area contributed by atoms with Gasteiger partial charge in [0.1, 0.15) is 23.4 Å². The molecular weight excluding hydrogens is 259 g/mol. The van der Waals surface area contributed by atoms with Gasteiger partial charge in [0.15, 0.2) is 5.58 Å². The van der Waals surface area contributed by atoms with Crippen LogP contribution >= 0.6 is 0 Å². The van der Waals surface area contributed by atoms with Gasteiger partial charge in [0.05, 0.1) is 11.9 Å². The largest absolute Gasteiger partial charge is 0.460 e. The monoisotopic (exact) mass is 272 g/mol. The van der Waals surface area contributed by atoms with Crippen molar-refractivity contribution in [1.82, 2.24) is 9.97 Å². The van der Waals surface area contributed by atoms with Crippen molar-refractivity contribution in [3.05, 3.63) is 48.2 Å². The number of rotatable bonds is 2. The van der Waals surface area contributed by atoms with Crippen molar-refractivity contribution in [3.8, 4) is 11.3 Å². The molecule has 0 aliphatic carbocycles. The zero-order valence-electron chi connectivity index (χ0n) is 11.1. The van der Waals surface area contributed by atoms with Crippen molar-refractivity contribution in [1.29, 1.82) is 0 Å². The van der Waals surface area contributed by atoms with Crippen LogP contribution in [0.25, 0.3) is 22.4 Å². The minimum Gasteiger partial charge on any atom is -0.460 e. The van der Waals surface area contributed by atoms with E-state index in [0.717, 1.165) is 0 Å². The smallest absolute Gasteiger partial charge is 0.178 e. The summed E-state index contributed by atoms with van der Waals surface area (Å²) in [5, 5.41) is 10.0. The van der Waals surface area contributed by atoms with Gasteiger partial charge < -0.3 is 9.52 Å². The number of benzene rings is 1. The molecule has 0 atom stereocenters. The second-order valence-electron chi connectivity index (χ2n) is 5.14. The molecule has 0 saturated carbocycles. The van der Waals surface area contributed by atoms with E-state index in [1.165, 1.54) is 24.7 Å². The van der Waals surface area contributed by atoms with Gasteiger partial charge in [-0.05, 0) is 37.6 Å². The van der Waals surface area contributed by atoms with Crippen LogP contribution in [0.5, 0.6) is 0 Å². The molecule has 3 aromatic rings. The number of furan rings is 1. The van der Waals surface area contributed by atoms with Crippen molar-refractivity contribution in [2.24, 2.45) is 0 Å². The standard InChI is InChI=1S/C15H13FN2O2/c1-15(2,19)10-5-9(6-11(16)7-10)13-14-12(3-4-20-14)17-8-18-13/h3-8,19H,1-2H3. The van der Waals surface area contributed by atoms with Crippen molar-refractivity contribution >= 4 is 11.1 Å².